The van der Waals surface area contributed by atoms with Gasteiger partial charge < -0.3 is 9.84 Å². The van der Waals surface area contributed by atoms with Crippen LogP contribution in [0.25, 0.3) is 0 Å². The summed E-state index contributed by atoms with van der Waals surface area (Å²) >= 11 is 0. The summed E-state index contributed by atoms with van der Waals surface area (Å²) in [5.41, 5.74) is 0. The number of carboxylic acids is 1. The van der Waals surface area contributed by atoms with Gasteiger partial charge in [0.05, 0.1) is 6.61 Å². The van der Waals surface area contributed by atoms with E-state index in [9.17, 15) is 4.79 Å². The van der Waals surface area contributed by atoms with Crippen molar-refractivity contribution in [1.29, 1.82) is 0 Å². The minimum absolute atomic E-state index is 0.161. The average Bonchev–Trinajstić information content (AvgIpc) is 2.21. The van der Waals surface area contributed by atoms with E-state index in [1.54, 1.807) is 0 Å². The lowest BCUT2D eigenvalue weighted by molar-refractivity contribution is -0.141. The van der Waals surface area contributed by atoms with Crippen LogP contribution in [0.2, 0.25) is 0 Å². The summed E-state index contributed by atoms with van der Waals surface area (Å²) in [6.07, 6.45) is 8.82. The van der Waals surface area contributed by atoms with E-state index in [2.05, 4.69) is 6.92 Å². The van der Waals surface area contributed by atoms with Gasteiger partial charge in [0.15, 0.2) is 0 Å². The van der Waals surface area contributed by atoms with Crippen molar-refractivity contribution in [1.82, 2.24) is 0 Å². The Hall–Kier alpha value is -1.06. The monoisotopic (exact) mass is 246 g/mol. The highest BCUT2D eigenvalue weighted by atomic mass is 16.5. The predicted molar refractivity (Wildman–Crippen MR) is 67.9 cm³/mol. The smallest absolute Gasteiger partial charge is 0.302 e. The molecule has 0 heterocycles. The second-order valence-electron chi connectivity index (χ2n) is 3.98. The quantitative estimate of drug-likeness (QED) is 0.526. The van der Waals surface area contributed by atoms with Gasteiger partial charge in [-0.15, -0.1) is 0 Å². The second kappa shape index (κ2) is 14.9. The van der Waals surface area contributed by atoms with Crippen molar-refractivity contribution in [2.75, 3.05) is 6.61 Å². The van der Waals surface area contributed by atoms with Crippen LogP contribution in [0.1, 0.15) is 65.7 Å². The summed E-state index contributed by atoms with van der Waals surface area (Å²) < 4.78 is 4.83. The zero-order valence-electron chi connectivity index (χ0n) is 11.3. The summed E-state index contributed by atoms with van der Waals surface area (Å²) in [4.78, 5) is 19.4. The van der Waals surface area contributed by atoms with E-state index < -0.39 is 5.97 Å². The normalized spacial score (nSPS) is 9.12. The van der Waals surface area contributed by atoms with Crippen molar-refractivity contribution in [3.05, 3.63) is 0 Å². The van der Waals surface area contributed by atoms with Gasteiger partial charge in [0, 0.05) is 13.8 Å². The fraction of sp³-hybridized carbons (Fsp3) is 0.846. The van der Waals surface area contributed by atoms with Crippen molar-refractivity contribution in [3.8, 4) is 0 Å². The summed E-state index contributed by atoms with van der Waals surface area (Å²) in [6.45, 7) is 5.37. The molecule has 0 aliphatic rings. The first kappa shape index (κ1) is 18.3. The Morgan fingerprint density at radius 1 is 0.941 bits per heavy atom. The Kier molecular flexibility index (Phi) is 16.1. The van der Waals surface area contributed by atoms with Gasteiger partial charge in [-0.3, -0.25) is 9.59 Å². The lowest BCUT2D eigenvalue weighted by Gasteiger charge is -2.01. The van der Waals surface area contributed by atoms with Gasteiger partial charge in [0.25, 0.3) is 5.97 Å². The summed E-state index contributed by atoms with van der Waals surface area (Å²) in [7, 11) is 0. The molecule has 0 saturated heterocycles. The first-order valence-corrected chi connectivity index (χ1v) is 6.33. The second-order valence-corrected chi connectivity index (χ2v) is 3.98. The third-order valence-electron chi connectivity index (χ3n) is 2.05. The van der Waals surface area contributed by atoms with E-state index in [1.807, 2.05) is 0 Å². The highest BCUT2D eigenvalue weighted by Crippen LogP contribution is 2.06. The van der Waals surface area contributed by atoms with Crippen LogP contribution in [0, 0.1) is 0 Å². The van der Waals surface area contributed by atoms with Crippen LogP contribution in [0.5, 0.6) is 0 Å². The molecule has 0 aliphatic carbocycles. The molecule has 0 bridgehead atoms. The molecular weight excluding hydrogens is 220 g/mol. The molecule has 0 amide bonds. The number of carbonyl (C=O) groups is 2. The number of hydrogen-bond donors (Lipinski definition) is 1. The lowest BCUT2D eigenvalue weighted by atomic mass is 10.1. The molecule has 0 unspecified atom stereocenters. The molecule has 1 N–H and O–H groups in total. The topological polar surface area (TPSA) is 63.6 Å². The van der Waals surface area contributed by atoms with Crippen LogP contribution in [-0.4, -0.2) is 23.7 Å². The maximum absolute atomic E-state index is 10.4. The maximum atomic E-state index is 10.4. The number of rotatable bonds is 8. The van der Waals surface area contributed by atoms with Crippen LogP contribution in [0.3, 0.4) is 0 Å². The molecule has 0 rings (SSSR count). The van der Waals surface area contributed by atoms with Crippen LogP contribution in [-0.2, 0) is 14.3 Å². The molecule has 0 fully saturated rings. The Morgan fingerprint density at radius 3 is 1.76 bits per heavy atom. The van der Waals surface area contributed by atoms with Gasteiger partial charge >= 0.3 is 5.97 Å². The molecule has 0 aromatic carbocycles. The SMILES string of the molecule is CC(=O)O.CCCCCCCCCOC(C)=O. The van der Waals surface area contributed by atoms with Crippen molar-refractivity contribution in [2.45, 2.75) is 65.7 Å². The van der Waals surface area contributed by atoms with E-state index in [1.165, 1.54) is 45.4 Å². The fourth-order valence-electron chi connectivity index (χ4n) is 1.28. The minimum Gasteiger partial charge on any atom is -0.481 e. The standard InChI is InChI=1S/C11H22O2.C2H4O2/c1-3-4-5-6-7-8-9-10-13-11(2)12;1-2(3)4/h3-10H2,1-2H3;1H3,(H,3,4). The van der Waals surface area contributed by atoms with Crippen molar-refractivity contribution in [3.63, 3.8) is 0 Å². The van der Waals surface area contributed by atoms with Crippen molar-refractivity contribution >= 4 is 11.9 Å². The van der Waals surface area contributed by atoms with E-state index >= 15 is 0 Å². The molecule has 0 aromatic heterocycles. The molecule has 0 aliphatic heterocycles. The van der Waals surface area contributed by atoms with E-state index in [4.69, 9.17) is 14.6 Å². The summed E-state index contributed by atoms with van der Waals surface area (Å²) in [5.74, 6) is -0.994. The Bertz CT molecular complexity index is 186. The van der Waals surface area contributed by atoms with E-state index in [0.717, 1.165) is 13.3 Å². The number of unbranched alkanes of at least 4 members (excludes halogenated alkanes) is 6. The Morgan fingerprint density at radius 2 is 1.35 bits per heavy atom. The molecule has 17 heavy (non-hydrogen) atoms. The van der Waals surface area contributed by atoms with E-state index in [0.29, 0.717) is 6.61 Å². The van der Waals surface area contributed by atoms with Gasteiger partial charge in [0.2, 0.25) is 0 Å². The van der Waals surface area contributed by atoms with Gasteiger partial charge in [-0.1, -0.05) is 45.4 Å². The molecule has 0 aromatic rings. The van der Waals surface area contributed by atoms with Crippen LogP contribution < -0.4 is 0 Å². The van der Waals surface area contributed by atoms with E-state index in [-0.39, 0.29) is 5.97 Å². The van der Waals surface area contributed by atoms with Gasteiger partial charge in [0.1, 0.15) is 0 Å². The number of aliphatic carboxylic acids is 1. The number of ether oxygens (including phenoxy) is 1. The molecule has 0 spiro atoms. The number of esters is 1. The average molecular weight is 246 g/mol. The zero-order valence-corrected chi connectivity index (χ0v) is 11.3. The van der Waals surface area contributed by atoms with Crippen LogP contribution >= 0.6 is 0 Å². The summed E-state index contributed by atoms with van der Waals surface area (Å²) in [6, 6.07) is 0. The Labute approximate surface area is 104 Å². The zero-order chi connectivity index (χ0) is 13.5. The van der Waals surface area contributed by atoms with Gasteiger partial charge in [-0.2, -0.15) is 0 Å². The molecule has 102 valence electrons. The predicted octanol–water partition coefficient (Wildman–Crippen LogP) is 3.39. The summed E-state index contributed by atoms with van der Waals surface area (Å²) in [5, 5.41) is 7.42. The third kappa shape index (κ3) is 31.3. The first-order valence-electron chi connectivity index (χ1n) is 6.33. The van der Waals surface area contributed by atoms with Gasteiger partial charge in [-0.25, -0.2) is 0 Å². The molecule has 0 atom stereocenters. The lowest BCUT2D eigenvalue weighted by Crippen LogP contribution is -1.99. The number of hydrogen-bond acceptors (Lipinski definition) is 3. The van der Waals surface area contributed by atoms with Gasteiger partial charge in [-0.05, 0) is 6.42 Å². The molecule has 0 radical (unpaired) electrons. The highest BCUT2D eigenvalue weighted by molar-refractivity contribution is 5.65. The minimum atomic E-state index is -0.833. The largest absolute Gasteiger partial charge is 0.481 e. The molecule has 0 saturated carbocycles. The van der Waals surface area contributed by atoms with Crippen LogP contribution in [0.4, 0.5) is 0 Å². The van der Waals surface area contributed by atoms with Crippen molar-refractivity contribution < 1.29 is 19.4 Å². The molecular formula is C13H26O4. The Balaban J connectivity index is 0. The molecule has 4 nitrogen and oxygen atoms in total. The number of carbonyl (C=O) groups excluding carboxylic acids is 1. The van der Waals surface area contributed by atoms with Crippen molar-refractivity contribution in [2.24, 2.45) is 0 Å². The number of carboxylic acid groups (broad SMARTS) is 1. The highest BCUT2D eigenvalue weighted by Gasteiger charge is 1.93. The first-order chi connectivity index (χ1) is 8.00. The molecule has 4 heteroatoms. The third-order valence-corrected chi connectivity index (χ3v) is 2.05. The fourth-order valence-corrected chi connectivity index (χ4v) is 1.28. The maximum Gasteiger partial charge on any atom is 0.302 e. The van der Waals surface area contributed by atoms with Crippen LogP contribution in [0.15, 0.2) is 0 Å².